The van der Waals surface area contributed by atoms with Gasteiger partial charge in [0.05, 0.1) is 17.4 Å². The van der Waals surface area contributed by atoms with E-state index in [9.17, 15) is 13.2 Å². The fourth-order valence-corrected chi connectivity index (χ4v) is 5.98. The van der Waals surface area contributed by atoms with Crippen molar-refractivity contribution in [2.75, 3.05) is 24.6 Å². The van der Waals surface area contributed by atoms with Gasteiger partial charge in [0.15, 0.2) is 9.84 Å². The van der Waals surface area contributed by atoms with Crippen molar-refractivity contribution >= 4 is 15.7 Å². The molecular formula is C20H23N3O3S. The van der Waals surface area contributed by atoms with Crippen molar-refractivity contribution in [1.82, 2.24) is 14.9 Å². The quantitative estimate of drug-likeness (QED) is 0.807. The first kappa shape index (κ1) is 18.1. The van der Waals surface area contributed by atoms with Crippen LogP contribution in [0.15, 0.2) is 42.6 Å². The molecule has 2 aromatic rings. The lowest BCUT2D eigenvalue weighted by Gasteiger charge is -2.20. The monoisotopic (exact) mass is 385 g/mol. The van der Waals surface area contributed by atoms with Gasteiger partial charge < -0.3 is 4.90 Å². The van der Waals surface area contributed by atoms with Crippen molar-refractivity contribution in [3.8, 4) is 0 Å². The molecule has 1 aromatic heterocycles. The SMILES string of the molecule is Cc1nccc([C@@H]2CN(C(=O)C3CCS(=O)(=O)C3)C[C@H]2c2ccccc2)n1. The van der Waals surface area contributed by atoms with Crippen molar-refractivity contribution in [3.05, 3.63) is 59.7 Å². The number of hydrogen-bond acceptors (Lipinski definition) is 5. The molecule has 1 amide bonds. The van der Waals surface area contributed by atoms with Crippen LogP contribution in [-0.2, 0) is 14.6 Å². The molecule has 0 radical (unpaired) electrons. The molecule has 0 aliphatic carbocycles. The third-order valence-electron chi connectivity index (χ3n) is 5.62. The molecule has 3 heterocycles. The predicted octanol–water partition coefficient (Wildman–Crippen LogP) is 1.93. The summed E-state index contributed by atoms with van der Waals surface area (Å²) in [5, 5.41) is 0. The number of likely N-dealkylation sites (tertiary alicyclic amines) is 1. The van der Waals surface area contributed by atoms with Gasteiger partial charge in [-0.25, -0.2) is 18.4 Å². The van der Waals surface area contributed by atoms with Crippen LogP contribution >= 0.6 is 0 Å². The van der Waals surface area contributed by atoms with Gasteiger partial charge in [-0.15, -0.1) is 0 Å². The highest BCUT2D eigenvalue weighted by Crippen LogP contribution is 2.40. The summed E-state index contributed by atoms with van der Waals surface area (Å²) in [5.41, 5.74) is 2.11. The molecule has 7 heteroatoms. The first-order valence-electron chi connectivity index (χ1n) is 9.26. The maximum absolute atomic E-state index is 13.0. The molecule has 0 N–H and O–H groups in total. The van der Waals surface area contributed by atoms with Crippen molar-refractivity contribution in [2.24, 2.45) is 5.92 Å². The summed E-state index contributed by atoms with van der Waals surface area (Å²) in [6.45, 7) is 3.01. The summed E-state index contributed by atoms with van der Waals surface area (Å²) < 4.78 is 23.6. The molecule has 27 heavy (non-hydrogen) atoms. The Morgan fingerprint density at radius 3 is 2.52 bits per heavy atom. The number of nitrogens with zero attached hydrogens (tertiary/aromatic N) is 3. The van der Waals surface area contributed by atoms with Gasteiger partial charge in [-0.3, -0.25) is 4.79 Å². The molecule has 2 aliphatic rings. The average molecular weight is 385 g/mol. The Balaban J connectivity index is 1.62. The van der Waals surface area contributed by atoms with E-state index in [4.69, 9.17) is 0 Å². The summed E-state index contributed by atoms with van der Waals surface area (Å²) >= 11 is 0. The highest BCUT2D eigenvalue weighted by Gasteiger charge is 2.42. The standard InChI is InChI=1S/C20H23N3O3S/c1-14-21-9-7-19(22-14)18-12-23(11-17(18)15-5-3-2-4-6-15)20(24)16-8-10-27(25,26)13-16/h2-7,9,16-18H,8,10-13H2,1H3/t16?,17-,18+/m0/s1. The Bertz CT molecular complexity index is 946. The smallest absolute Gasteiger partial charge is 0.226 e. The number of aryl methyl sites for hydroxylation is 1. The van der Waals surface area contributed by atoms with Crippen molar-refractivity contribution < 1.29 is 13.2 Å². The van der Waals surface area contributed by atoms with E-state index in [1.807, 2.05) is 36.1 Å². The van der Waals surface area contributed by atoms with E-state index in [1.54, 1.807) is 6.20 Å². The Kier molecular flexibility index (Phi) is 4.72. The molecule has 1 aromatic carbocycles. The van der Waals surface area contributed by atoms with E-state index in [0.29, 0.717) is 25.3 Å². The Morgan fingerprint density at radius 1 is 1.11 bits per heavy atom. The van der Waals surface area contributed by atoms with Crippen LogP contribution in [0.3, 0.4) is 0 Å². The molecule has 2 aliphatic heterocycles. The van der Waals surface area contributed by atoms with E-state index >= 15 is 0 Å². The number of carbonyl (C=O) groups excluding carboxylic acids is 1. The summed E-state index contributed by atoms with van der Waals surface area (Å²) in [4.78, 5) is 23.6. The second-order valence-electron chi connectivity index (χ2n) is 7.50. The lowest BCUT2D eigenvalue weighted by atomic mass is 9.87. The van der Waals surface area contributed by atoms with Crippen LogP contribution in [0.4, 0.5) is 0 Å². The summed E-state index contributed by atoms with van der Waals surface area (Å²) in [6.07, 6.45) is 2.19. The Hall–Kier alpha value is -2.28. The summed E-state index contributed by atoms with van der Waals surface area (Å²) in [7, 11) is -3.08. The number of sulfone groups is 1. The van der Waals surface area contributed by atoms with Gasteiger partial charge in [0.25, 0.3) is 0 Å². The second-order valence-corrected chi connectivity index (χ2v) is 9.72. The van der Waals surface area contributed by atoms with E-state index in [1.165, 1.54) is 5.56 Å². The van der Waals surface area contributed by atoms with E-state index < -0.39 is 15.8 Å². The zero-order valence-electron chi connectivity index (χ0n) is 15.3. The Morgan fingerprint density at radius 2 is 1.85 bits per heavy atom. The van der Waals surface area contributed by atoms with Gasteiger partial charge in [0.2, 0.25) is 5.91 Å². The maximum atomic E-state index is 13.0. The van der Waals surface area contributed by atoms with Gasteiger partial charge >= 0.3 is 0 Å². The van der Waals surface area contributed by atoms with Gasteiger partial charge in [-0.1, -0.05) is 30.3 Å². The minimum atomic E-state index is -3.08. The molecule has 0 saturated carbocycles. The lowest BCUT2D eigenvalue weighted by Crippen LogP contribution is -2.35. The zero-order valence-corrected chi connectivity index (χ0v) is 16.1. The first-order chi connectivity index (χ1) is 12.9. The van der Waals surface area contributed by atoms with E-state index in [0.717, 1.165) is 5.69 Å². The van der Waals surface area contributed by atoms with Crippen LogP contribution in [0, 0.1) is 12.8 Å². The van der Waals surface area contributed by atoms with Crippen LogP contribution < -0.4 is 0 Å². The molecule has 4 rings (SSSR count). The second kappa shape index (κ2) is 7.03. The Labute approximate surface area is 159 Å². The van der Waals surface area contributed by atoms with Crippen molar-refractivity contribution in [3.63, 3.8) is 0 Å². The van der Waals surface area contributed by atoms with Gasteiger partial charge in [0, 0.05) is 36.8 Å². The minimum Gasteiger partial charge on any atom is -0.341 e. The topological polar surface area (TPSA) is 80.2 Å². The number of amides is 1. The third-order valence-corrected chi connectivity index (χ3v) is 7.39. The van der Waals surface area contributed by atoms with Crippen molar-refractivity contribution in [2.45, 2.75) is 25.2 Å². The number of carbonyl (C=O) groups is 1. The van der Waals surface area contributed by atoms with E-state index in [2.05, 4.69) is 22.1 Å². The molecule has 2 fully saturated rings. The largest absolute Gasteiger partial charge is 0.341 e. The average Bonchev–Trinajstić information content (AvgIpc) is 3.25. The van der Waals surface area contributed by atoms with Crippen LogP contribution in [-0.4, -0.2) is 53.8 Å². The minimum absolute atomic E-state index is 0.0182. The molecule has 2 saturated heterocycles. The maximum Gasteiger partial charge on any atom is 0.226 e. The molecule has 6 nitrogen and oxygen atoms in total. The number of hydrogen-bond donors (Lipinski definition) is 0. The third kappa shape index (κ3) is 3.74. The van der Waals surface area contributed by atoms with Crippen molar-refractivity contribution in [1.29, 1.82) is 0 Å². The molecule has 3 atom stereocenters. The molecule has 0 spiro atoms. The van der Waals surface area contributed by atoms with Crippen LogP contribution in [0.25, 0.3) is 0 Å². The summed E-state index contributed by atoms with van der Waals surface area (Å²) in [6, 6.07) is 12.1. The fraction of sp³-hybridized carbons (Fsp3) is 0.450. The first-order valence-corrected chi connectivity index (χ1v) is 11.1. The number of aromatic nitrogens is 2. The highest BCUT2D eigenvalue weighted by atomic mass is 32.2. The zero-order chi connectivity index (χ0) is 19.0. The summed E-state index contributed by atoms with van der Waals surface area (Å²) in [5.74, 6) is 0.593. The number of benzene rings is 1. The van der Waals surface area contributed by atoms with Crippen LogP contribution in [0.2, 0.25) is 0 Å². The van der Waals surface area contributed by atoms with Crippen LogP contribution in [0.1, 0.15) is 35.3 Å². The lowest BCUT2D eigenvalue weighted by molar-refractivity contribution is -0.133. The fourth-order valence-electron chi connectivity index (χ4n) is 4.25. The van der Waals surface area contributed by atoms with Gasteiger partial charge in [-0.2, -0.15) is 0 Å². The normalized spacial score (nSPS) is 27.0. The van der Waals surface area contributed by atoms with Crippen LogP contribution in [0.5, 0.6) is 0 Å². The van der Waals surface area contributed by atoms with Gasteiger partial charge in [0.1, 0.15) is 5.82 Å². The highest BCUT2D eigenvalue weighted by molar-refractivity contribution is 7.91. The molecule has 0 bridgehead atoms. The molecular weight excluding hydrogens is 362 g/mol. The van der Waals surface area contributed by atoms with Gasteiger partial charge in [-0.05, 0) is 25.0 Å². The predicted molar refractivity (Wildman–Crippen MR) is 102 cm³/mol. The van der Waals surface area contributed by atoms with E-state index in [-0.39, 0.29) is 29.2 Å². The molecule has 1 unspecified atom stereocenters. The molecule has 142 valence electrons. The number of rotatable bonds is 3.